The normalized spacial score (nSPS) is 13.9. The summed E-state index contributed by atoms with van der Waals surface area (Å²) in [4.78, 5) is 66.5. The van der Waals surface area contributed by atoms with Gasteiger partial charge in [0.1, 0.15) is 26.4 Å². The maximum atomic E-state index is 11.2. The lowest BCUT2D eigenvalue weighted by atomic mass is 9.79. The fourth-order valence-electron chi connectivity index (χ4n) is 4.01. The summed E-state index contributed by atoms with van der Waals surface area (Å²) in [6.07, 6.45) is 7.14. The fraction of sp³-hybridized carbons (Fsp3) is 0.650. The van der Waals surface area contributed by atoms with Crippen molar-refractivity contribution in [2.75, 3.05) is 26.4 Å². The Hall–Kier alpha value is -4.22. The summed E-state index contributed by atoms with van der Waals surface area (Å²) >= 11 is 0. The van der Waals surface area contributed by atoms with E-state index in [1.807, 2.05) is 27.7 Å². The van der Waals surface area contributed by atoms with Gasteiger partial charge in [-0.3, -0.25) is 9.59 Å². The second kappa shape index (κ2) is 33.9. The van der Waals surface area contributed by atoms with E-state index in [1.165, 1.54) is 80.1 Å². The Morgan fingerprint density at radius 3 is 0.904 bits per heavy atom. The van der Waals surface area contributed by atoms with Crippen molar-refractivity contribution < 1.29 is 57.2 Å². The molecule has 0 bridgehead atoms. The summed E-state index contributed by atoms with van der Waals surface area (Å²) in [5, 5.41) is 0. The van der Waals surface area contributed by atoms with E-state index in [4.69, 9.17) is 28.4 Å². The van der Waals surface area contributed by atoms with Crippen LogP contribution < -0.4 is 0 Å². The van der Waals surface area contributed by atoms with Gasteiger partial charge in [0.15, 0.2) is 12.2 Å². The molecule has 300 valence electrons. The molecule has 2 atom stereocenters. The van der Waals surface area contributed by atoms with Crippen LogP contribution in [0.2, 0.25) is 0 Å². The average Bonchev–Trinajstić information content (AvgIpc) is 3.11. The van der Waals surface area contributed by atoms with Crippen molar-refractivity contribution in [2.45, 2.75) is 134 Å². The third-order valence-corrected chi connectivity index (χ3v) is 6.71. The topological polar surface area (TPSA) is 158 Å². The third kappa shape index (κ3) is 31.7. The van der Waals surface area contributed by atoms with Gasteiger partial charge < -0.3 is 28.4 Å². The lowest BCUT2D eigenvalue weighted by Gasteiger charge is -2.27. The van der Waals surface area contributed by atoms with Gasteiger partial charge in [0.2, 0.25) is 0 Å². The van der Waals surface area contributed by atoms with Crippen LogP contribution in [0.3, 0.4) is 0 Å². The van der Waals surface area contributed by atoms with E-state index in [0.717, 1.165) is 11.8 Å². The van der Waals surface area contributed by atoms with Crippen LogP contribution in [-0.4, -0.2) is 74.5 Å². The van der Waals surface area contributed by atoms with Crippen LogP contribution in [0.15, 0.2) is 48.6 Å². The number of carbonyl (C=O) groups is 6. The van der Waals surface area contributed by atoms with Gasteiger partial charge in [-0.05, 0) is 46.0 Å². The average molecular weight is 741 g/mol. The van der Waals surface area contributed by atoms with Crippen molar-refractivity contribution >= 4 is 35.8 Å². The summed E-state index contributed by atoms with van der Waals surface area (Å²) in [5.41, 5.74) is 0.891. The van der Waals surface area contributed by atoms with Crippen molar-refractivity contribution in [1.82, 2.24) is 0 Å². The number of esters is 6. The molecule has 0 aromatic carbocycles. The highest BCUT2D eigenvalue weighted by molar-refractivity contribution is 5.88. The molecule has 0 amide bonds. The summed E-state index contributed by atoms with van der Waals surface area (Å²) < 4.78 is 29.0. The van der Waals surface area contributed by atoms with Crippen molar-refractivity contribution in [2.24, 2.45) is 11.8 Å². The van der Waals surface area contributed by atoms with Gasteiger partial charge in [-0.1, -0.05) is 100.0 Å². The zero-order valence-electron chi connectivity index (χ0n) is 34.1. The molecule has 0 aromatic heterocycles. The summed E-state index contributed by atoms with van der Waals surface area (Å²) in [7, 11) is 0. The smallest absolute Gasteiger partial charge is 0.333 e. The molecule has 0 aliphatic heterocycles. The van der Waals surface area contributed by atoms with E-state index in [0.29, 0.717) is 0 Å². The molecule has 12 heteroatoms. The first-order valence-electron chi connectivity index (χ1n) is 18.0. The lowest BCUT2D eigenvalue weighted by Crippen LogP contribution is -2.30. The molecule has 1 aliphatic carbocycles. The number of hydrogen-bond donors (Lipinski definition) is 0. The van der Waals surface area contributed by atoms with Crippen molar-refractivity contribution in [1.29, 1.82) is 0 Å². The molecule has 1 saturated carbocycles. The van der Waals surface area contributed by atoms with Crippen LogP contribution in [-0.2, 0) is 57.2 Å². The van der Waals surface area contributed by atoms with E-state index >= 15 is 0 Å². The SMILES string of the molecule is C=C(C)C(=O)OCC(COC(=O)C(=C)C)OC(C)=O.C=C(C)C(=O)OCC(COC(=O)C(=C)C)OC(C)=O.CC.CC.CCC1CCCC(CC)C1. The van der Waals surface area contributed by atoms with Gasteiger partial charge in [-0.2, -0.15) is 0 Å². The van der Waals surface area contributed by atoms with E-state index in [-0.39, 0.29) is 48.7 Å². The number of rotatable bonds is 16. The van der Waals surface area contributed by atoms with Crippen molar-refractivity contribution in [3.05, 3.63) is 48.6 Å². The molecule has 1 fully saturated rings. The number of ether oxygens (including phenoxy) is 6. The summed E-state index contributed by atoms with van der Waals surface area (Å²) in [5.74, 6) is -1.43. The number of hydrogen-bond acceptors (Lipinski definition) is 12. The molecule has 12 nitrogen and oxygen atoms in total. The molecule has 0 aromatic rings. The Balaban J connectivity index is -0.000000329. The minimum absolute atomic E-state index is 0.214. The first kappa shape index (κ1) is 54.6. The van der Waals surface area contributed by atoms with E-state index in [1.54, 1.807) is 0 Å². The predicted octanol–water partition coefficient (Wildman–Crippen LogP) is 7.98. The van der Waals surface area contributed by atoms with E-state index < -0.39 is 48.0 Å². The fourth-order valence-corrected chi connectivity index (χ4v) is 4.01. The molecule has 0 heterocycles. The van der Waals surface area contributed by atoms with Crippen LogP contribution in [0.1, 0.15) is 122 Å². The van der Waals surface area contributed by atoms with Gasteiger partial charge in [-0.25, -0.2) is 19.2 Å². The molecule has 52 heavy (non-hydrogen) atoms. The highest BCUT2D eigenvalue weighted by atomic mass is 16.6. The molecule has 0 spiro atoms. The first-order chi connectivity index (χ1) is 24.3. The molecule has 0 saturated heterocycles. The molecule has 0 N–H and O–H groups in total. The van der Waals surface area contributed by atoms with Gasteiger partial charge in [0.05, 0.1) is 0 Å². The van der Waals surface area contributed by atoms with Crippen LogP contribution in [0.25, 0.3) is 0 Å². The maximum Gasteiger partial charge on any atom is 0.333 e. The number of carbonyl (C=O) groups excluding carboxylic acids is 6. The monoisotopic (exact) mass is 740 g/mol. The van der Waals surface area contributed by atoms with Gasteiger partial charge in [0.25, 0.3) is 0 Å². The highest BCUT2D eigenvalue weighted by Gasteiger charge is 2.20. The molecular formula is C40H68O12. The standard InChI is InChI=1S/2C13H18O6.C10H20.2C2H6/c2*1-8(2)12(15)17-6-11(19-10(5)14)7-18-13(16)9(3)4;1-3-9-6-5-7-10(4-2)8-9;2*1-2/h2*11H,1,3,6-7H2,2,4-5H3;9-10H,3-8H2,1-2H3;2*1-2H3. The quantitative estimate of drug-likeness (QED) is 0.0855. The Kier molecular flexibility index (Phi) is 35.6. The summed E-state index contributed by atoms with van der Waals surface area (Å²) in [6, 6.07) is 0. The molecule has 1 aliphatic rings. The van der Waals surface area contributed by atoms with E-state index in [2.05, 4.69) is 40.2 Å². The minimum atomic E-state index is -0.857. The van der Waals surface area contributed by atoms with Crippen LogP contribution in [0, 0.1) is 11.8 Å². The molecular weight excluding hydrogens is 672 g/mol. The minimum Gasteiger partial charge on any atom is -0.458 e. The van der Waals surface area contributed by atoms with Crippen molar-refractivity contribution in [3.63, 3.8) is 0 Å². The van der Waals surface area contributed by atoms with Crippen LogP contribution in [0.5, 0.6) is 0 Å². The highest BCUT2D eigenvalue weighted by Crippen LogP contribution is 2.32. The van der Waals surface area contributed by atoms with Crippen LogP contribution >= 0.6 is 0 Å². The lowest BCUT2D eigenvalue weighted by molar-refractivity contribution is -0.162. The molecule has 2 unspecified atom stereocenters. The second-order valence-corrected chi connectivity index (χ2v) is 11.7. The Morgan fingerprint density at radius 2 is 0.731 bits per heavy atom. The third-order valence-electron chi connectivity index (χ3n) is 6.71. The Labute approximate surface area is 313 Å². The largest absolute Gasteiger partial charge is 0.458 e. The van der Waals surface area contributed by atoms with Crippen LogP contribution in [0.4, 0.5) is 0 Å². The maximum absolute atomic E-state index is 11.2. The van der Waals surface area contributed by atoms with Gasteiger partial charge in [0, 0.05) is 36.1 Å². The second-order valence-electron chi connectivity index (χ2n) is 11.7. The van der Waals surface area contributed by atoms with Gasteiger partial charge in [-0.15, -0.1) is 0 Å². The Morgan fingerprint density at radius 1 is 0.500 bits per heavy atom. The first-order valence-corrected chi connectivity index (χ1v) is 18.0. The molecule has 0 radical (unpaired) electrons. The molecule has 1 rings (SSSR count). The van der Waals surface area contributed by atoms with E-state index in [9.17, 15) is 28.8 Å². The van der Waals surface area contributed by atoms with Gasteiger partial charge >= 0.3 is 35.8 Å². The zero-order valence-corrected chi connectivity index (χ0v) is 34.1. The predicted molar refractivity (Wildman–Crippen MR) is 203 cm³/mol. The Bertz CT molecular complexity index is 991. The van der Waals surface area contributed by atoms with Crippen molar-refractivity contribution in [3.8, 4) is 0 Å². The summed E-state index contributed by atoms with van der Waals surface area (Å²) in [6.45, 7) is 33.8. The zero-order chi connectivity index (χ0) is 41.4.